The number of aromatic nitrogens is 2. The number of nitrogens with zero attached hydrogens (tertiary/aromatic N) is 3. The van der Waals surface area contributed by atoms with Crippen molar-refractivity contribution < 1.29 is 8.42 Å². The van der Waals surface area contributed by atoms with E-state index >= 15 is 0 Å². The molecule has 3 rings (SSSR count). The Labute approximate surface area is 194 Å². The quantitative estimate of drug-likeness (QED) is 0.355. The van der Waals surface area contributed by atoms with Crippen LogP contribution in [-0.2, 0) is 16.4 Å². The van der Waals surface area contributed by atoms with Crippen LogP contribution in [0.25, 0.3) is 0 Å². The molecule has 0 spiro atoms. The predicted octanol–water partition coefficient (Wildman–Crippen LogP) is 5.36. The van der Waals surface area contributed by atoms with E-state index in [9.17, 15) is 8.42 Å². The first-order chi connectivity index (χ1) is 15.2. The topological polar surface area (TPSA) is 96.3 Å². The maximum Gasteiger partial charge on any atom is 0.285 e. The van der Waals surface area contributed by atoms with Gasteiger partial charge in [-0.1, -0.05) is 37.1 Å². The zero-order valence-electron chi connectivity index (χ0n) is 18.3. The molecule has 2 aromatic carbocycles. The molecule has 0 unspecified atom stereocenters. The fourth-order valence-electron chi connectivity index (χ4n) is 3.02. The van der Waals surface area contributed by atoms with E-state index in [0.717, 1.165) is 30.7 Å². The lowest BCUT2D eigenvalue weighted by molar-refractivity contribution is 0.598. The van der Waals surface area contributed by atoms with E-state index < -0.39 is 10.0 Å². The summed E-state index contributed by atoms with van der Waals surface area (Å²) in [5.74, 6) is 0.242. The second-order valence-corrected chi connectivity index (χ2v) is 9.43. The molecular weight excluding hydrogens is 446 g/mol. The Morgan fingerprint density at radius 2 is 1.59 bits per heavy atom. The number of unbranched alkanes of at least 4 members (excludes halogenated alkanes) is 1. The average Bonchev–Trinajstić information content (AvgIpc) is 2.72. The number of nitrogens with one attached hydrogen (secondary N) is 2. The van der Waals surface area contributed by atoms with E-state index in [4.69, 9.17) is 11.6 Å². The molecule has 0 saturated carbocycles. The van der Waals surface area contributed by atoms with Crippen molar-refractivity contribution in [1.29, 1.82) is 0 Å². The Balaban J connectivity index is 1.93. The van der Waals surface area contributed by atoms with Gasteiger partial charge >= 0.3 is 0 Å². The molecule has 0 atom stereocenters. The molecule has 0 amide bonds. The minimum Gasteiger partial charge on any atom is -0.325 e. The summed E-state index contributed by atoms with van der Waals surface area (Å²) in [6.45, 7) is 5.83. The molecule has 168 valence electrons. The summed E-state index contributed by atoms with van der Waals surface area (Å²) >= 11 is 5.88. The van der Waals surface area contributed by atoms with E-state index in [2.05, 4.69) is 31.9 Å². The van der Waals surface area contributed by atoms with Gasteiger partial charge in [0.25, 0.3) is 10.0 Å². The first kappa shape index (κ1) is 23.7. The minimum absolute atomic E-state index is 0.00809. The van der Waals surface area contributed by atoms with Gasteiger partial charge in [-0.2, -0.15) is 8.42 Å². The van der Waals surface area contributed by atoms with Gasteiger partial charge in [-0.15, -0.1) is 4.40 Å². The highest BCUT2D eigenvalue weighted by Crippen LogP contribution is 2.18. The van der Waals surface area contributed by atoms with Crippen molar-refractivity contribution >= 4 is 39.2 Å². The number of aryl methyl sites for hydroxylation is 3. The normalized spacial score (nSPS) is 11.9. The van der Waals surface area contributed by atoms with Crippen molar-refractivity contribution in [3.05, 3.63) is 76.6 Å². The van der Waals surface area contributed by atoms with Gasteiger partial charge in [0.15, 0.2) is 0 Å². The van der Waals surface area contributed by atoms with Gasteiger partial charge in [-0.3, -0.25) is 5.32 Å². The van der Waals surface area contributed by atoms with Gasteiger partial charge < -0.3 is 5.32 Å². The van der Waals surface area contributed by atoms with Gasteiger partial charge in [0.05, 0.1) is 4.90 Å². The molecule has 0 aliphatic rings. The average molecular weight is 472 g/mol. The number of benzene rings is 2. The Morgan fingerprint density at radius 1 is 0.969 bits per heavy atom. The largest absolute Gasteiger partial charge is 0.325 e. The summed E-state index contributed by atoms with van der Waals surface area (Å²) in [5.41, 5.74) is 3.41. The second-order valence-electron chi connectivity index (χ2n) is 7.39. The summed E-state index contributed by atoms with van der Waals surface area (Å²) in [4.78, 5) is 8.67. The lowest BCUT2D eigenvalue weighted by Gasteiger charge is -2.13. The summed E-state index contributed by atoms with van der Waals surface area (Å²) in [7, 11) is -4.01. The molecule has 0 radical (unpaired) electrons. The molecule has 2 N–H and O–H groups in total. The number of anilines is 2. The third-order valence-corrected chi connectivity index (χ3v) is 6.11. The number of rotatable bonds is 7. The number of halogens is 1. The molecule has 32 heavy (non-hydrogen) atoms. The zero-order valence-corrected chi connectivity index (χ0v) is 19.8. The first-order valence-corrected chi connectivity index (χ1v) is 12.1. The first-order valence-electron chi connectivity index (χ1n) is 10.3. The van der Waals surface area contributed by atoms with E-state index in [0.29, 0.717) is 10.7 Å². The van der Waals surface area contributed by atoms with Crippen molar-refractivity contribution in [3.8, 4) is 0 Å². The zero-order chi connectivity index (χ0) is 23.1. The van der Waals surface area contributed by atoms with Crippen molar-refractivity contribution in [2.24, 2.45) is 4.40 Å². The van der Waals surface area contributed by atoms with Crippen LogP contribution in [0.15, 0.2) is 63.9 Å². The molecule has 1 aromatic heterocycles. The predicted molar refractivity (Wildman–Crippen MR) is 130 cm³/mol. The molecule has 0 aliphatic heterocycles. The van der Waals surface area contributed by atoms with Crippen LogP contribution >= 0.6 is 11.6 Å². The summed E-state index contributed by atoms with van der Waals surface area (Å²) in [5, 5.41) is 6.39. The molecule has 0 fully saturated rings. The van der Waals surface area contributed by atoms with E-state index in [1.807, 2.05) is 44.2 Å². The van der Waals surface area contributed by atoms with Crippen molar-refractivity contribution in [2.75, 3.05) is 10.6 Å². The standard InChI is InChI=1S/C23H26ClN5O2S/c1-4-5-6-18-7-11-20(12-8-18)27-23(28-22-25-16(2)15-17(3)26-22)29-32(30,31)21-13-9-19(24)10-14-21/h7-15H,4-6H2,1-3H3,(H2,25,26,27,28,29). The summed E-state index contributed by atoms with van der Waals surface area (Å²) in [6.07, 6.45) is 3.24. The number of guanidine groups is 1. The van der Waals surface area contributed by atoms with Crippen LogP contribution < -0.4 is 10.6 Å². The third-order valence-electron chi connectivity index (χ3n) is 4.57. The lowest BCUT2D eigenvalue weighted by Crippen LogP contribution is -2.25. The van der Waals surface area contributed by atoms with Crippen LogP contribution in [0.4, 0.5) is 11.6 Å². The maximum atomic E-state index is 12.9. The monoisotopic (exact) mass is 471 g/mol. The highest BCUT2D eigenvalue weighted by atomic mass is 35.5. The van der Waals surface area contributed by atoms with Crippen molar-refractivity contribution in [1.82, 2.24) is 9.97 Å². The fraction of sp³-hybridized carbons (Fsp3) is 0.261. The number of hydrogen-bond donors (Lipinski definition) is 2. The van der Waals surface area contributed by atoms with Crippen LogP contribution in [0, 0.1) is 13.8 Å². The van der Waals surface area contributed by atoms with E-state index in [1.165, 1.54) is 29.8 Å². The van der Waals surface area contributed by atoms with Gasteiger partial charge in [0.1, 0.15) is 0 Å². The third kappa shape index (κ3) is 6.77. The summed E-state index contributed by atoms with van der Waals surface area (Å²) in [6, 6.07) is 15.5. The highest BCUT2D eigenvalue weighted by Gasteiger charge is 2.16. The number of sulfonamides is 1. The van der Waals surface area contributed by atoms with Crippen molar-refractivity contribution in [2.45, 2.75) is 44.9 Å². The van der Waals surface area contributed by atoms with Crippen LogP contribution in [0.1, 0.15) is 36.7 Å². The molecule has 1 heterocycles. The Bertz CT molecular complexity index is 1170. The van der Waals surface area contributed by atoms with Crippen molar-refractivity contribution in [3.63, 3.8) is 0 Å². The minimum atomic E-state index is -4.01. The lowest BCUT2D eigenvalue weighted by atomic mass is 10.1. The fourth-order valence-corrected chi connectivity index (χ4v) is 4.06. The van der Waals surface area contributed by atoms with E-state index in [1.54, 1.807) is 0 Å². The molecular formula is C23H26ClN5O2S. The van der Waals surface area contributed by atoms with E-state index in [-0.39, 0.29) is 16.8 Å². The Hall–Kier alpha value is -2.97. The highest BCUT2D eigenvalue weighted by molar-refractivity contribution is 7.90. The molecule has 3 aromatic rings. The molecule has 7 nitrogen and oxygen atoms in total. The van der Waals surface area contributed by atoms with Gasteiger partial charge in [0, 0.05) is 22.1 Å². The SMILES string of the molecule is CCCCc1ccc(N/C(=N/S(=O)(=O)c2ccc(Cl)cc2)Nc2nc(C)cc(C)n2)cc1. The number of hydrogen-bond acceptors (Lipinski definition) is 4. The van der Waals surface area contributed by atoms with Crippen LogP contribution in [-0.4, -0.2) is 24.3 Å². The smallest absolute Gasteiger partial charge is 0.285 e. The molecule has 9 heteroatoms. The molecule has 0 saturated heterocycles. The Morgan fingerprint density at radius 3 is 2.19 bits per heavy atom. The summed E-state index contributed by atoms with van der Waals surface area (Å²) < 4.78 is 29.8. The van der Waals surface area contributed by atoms with Crippen LogP contribution in [0.2, 0.25) is 5.02 Å². The van der Waals surface area contributed by atoms with Gasteiger partial charge in [-0.05, 0) is 74.7 Å². The van der Waals surface area contributed by atoms with Crippen LogP contribution in [0.5, 0.6) is 0 Å². The maximum absolute atomic E-state index is 12.9. The molecule has 0 bridgehead atoms. The van der Waals surface area contributed by atoms with Gasteiger partial charge in [0.2, 0.25) is 11.9 Å². The van der Waals surface area contributed by atoms with Gasteiger partial charge in [-0.25, -0.2) is 9.97 Å². The Kier molecular flexibility index (Phi) is 7.82. The van der Waals surface area contributed by atoms with Crippen LogP contribution in [0.3, 0.4) is 0 Å². The molecule has 0 aliphatic carbocycles. The second kappa shape index (κ2) is 10.6.